The quantitative estimate of drug-likeness (QED) is 0.307. The van der Waals surface area contributed by atoms with E-state index in [2.05, 4.69) is 34.9 Å². The predicted molar refractivity (Wildman–Crippen MR) is 104 cm³/mol. The second kappa shape index (κ2) is 12.0. The van der Waals surface area contributed by atoms with Crippen LogP contribution in [-0.2, 0) is 0 Å². The Morgan fingerprint density at radius 1 is 1.38 bits per heavy atom. The molecule has 1 atom stereocenters. The van der Waals surface area contributed by atoms with E-state index in [4.69, 9.17) is 4.74 Å². The summed E-state index contributed by atoms with van der Waals surface area (Å²) in [4.78, 5) is 4.18. The van der Waals surface area contributed by atoms with Gasteiger partial charge in [-0.3, -0.25) is 4.99 Å². The molecular weight excluding hydrogens is 397 g/mol. The van der Waals surface area contributed by atoms with Gasteiger partial charge in [0, 0.05) is 19.3 Å². The lowest BCUT2D eigenvalue weighted by Crippen LogP contribution is -2.42. The zero-order valence-electron chi connectivity index (χ0n) is 13.2. The van der Waals surface area contributed by atoms with Gasteiger partial charge in [0.2, 0.25) is 0 Å². The maximum atomic E-state index is 5.87. The van der Waals surface area contributed by atoms with Gasteiger partial charge in [0.25, 0.3) is 0 Å². The summed E-state index contributed by atoms with van der Waals surface area (Å²) in [5, 5.41) is 6.53. The number of ether oxygens (including phenoxy) is 1. The summed E-state index contributed by atoms with van der Waals surface area (Å²) in [6, 6.07) is 8.10. The molecular formula is C15H26IN3OS. The van der Waals surface area contributed by atoms with Crippen LogP contribution < -0.4 is 15.4 Å². The van der Waals surface area contributed by atoms with Crippen LogP contribution in [0.1, 0.15) is 12.5 Å². The highest BCUT2D eigenvalue weighted by molar-refractivity contribution is 14.0. The molecule has 21 heavy (non-hydrogen) atoms. The number of hydrogen-bond acceptors (Lipinski definition) is 3. The molecule has 1 aromatic carbocycles. The van der Waals surface area contributed by atoms with Crippen LogP contribution in [-0.4, -0.2) is 44.2 Å². The largest absolute Gasteiger partial charge is 0.489 e. The van der Waals surface area contributed by atoms with E-state index in [9.17, 15) is 0 Å². The van der Waals surface area contributed by atoms with Gasteiger partial charge in [-0.05, 0) is 37.8 Å². The molecule has 6 heteroatoms. The van der Waals surface area contributed by atoms with Crippen molar-refractivity contribution in [3.05, 3.63) is 29.8 Å². The van der Waals surface area contributed by atoms with Crippen molar-refractivity contribution in [2.45, 2.75) is 20.0 Å². The Morgan fingerprint density at radius 2 is 2.14 bits per heavy atom. The first-order chi connectivity index (χ1) is 9.65. The van der Waals surface area contributed by atoms with Crippen LogP contribution in [0.15, 0.2) is 29.3 Å². The zero-order valence-corrected chi connectivity index (χ0v) is 16.3. The minimum absolute atomic E-state index is 0. The highest BCUT2D eigenvalue weighted by Crippen LogP contribution is 2.13. The van der Waals surface area contributed by atoms with Crippen LogP contribution in [0.3, 0.4) is 0 Å². The first-order valence-electron chi connectivity index (χ1n) is 6.82. The van der Waals surface area contributed by atoms with Gasteiger partial charge in [-0.2, -0.15) is 11.8 Å². The predicted octanol–water partition coefficient (Wildman–Crippen LogP) is 2.91. The van der Waals surface area contributed by atoms with Gasteiger partial charge >= 0.3 is 0 Å². The fourth-order valence-corrected chi connectivity index (χ4v) is 2.00. The highest BCUT2D eigenvalue weighted by Gasteiger charge is 2.05. The first kappa shape index (κ1) is 20.4. The highest BCUT2D eigenvalue weighted by atomic mass is 127. The maximum absolute atomic E-state index is 5.87. The topological polar surface area (TPSA) is 45.7 Å². The normalized spacial score (nSPS) is 12.3. The van der Waals surface area contributed by atoms with Crippen molar-refractivity contribution < 1.29 is 4.74 Å². The lowest BCUT2D eigenvalue weighted by atomic mass is 10.2. The van der Waals surface area contributed by atoms with Crippen molar-refractivity contribution in [1.29, 1.82) is 0 Å². The molecule has 0 fully saturated rings. The van der Waals surface area contributed by atoms with Crippen molar-refractivity contribution in [3.8, 4) is 5.75 Å². The SMILES string of the molecule is CN=C(NCCSC)NCC(C)Oc1cccc(C)c1.I. The van der Waals surface area contributed by atoms with Crippen LogP contribution in [0, 0.1) is 6.92 Å². The van der Waals surface area contributed by atoms with E-state index >= 15 is 0 Å². The van der Waals surface area contributed by atoms with Crippen LogP contribution in [0.25, 0.3) is 0 Å². The van der Waals surface area contributed by atoms with Gasteiger partial charge in [-0.1, -0.05) is 12.1 Å². The molecule has 1 unspecified atom stereocenters. The van der Waals surface area contributed by atoms with Crippen LogP contribution >= 0.6 is 35.7 Å². The molecule has 1 rings (SSSR count). The van der Waals surface area contributed by atoms with Gasteiger partial charge in [0.1, 0.15) is 11.9 Å². The molecule has 0 saturated carbocycles. The van der Waals surface area contributed by atoms with Crippen molar-refractivity contribution in [2.75, 3.05) is 32.1 Å². The van der Waals surface area contributed by atoms with Crippen molar-refractivity contribution in [2.24, 2.45) is 4.99 Å². The molecule has 0 spiro atoms. The van der Waals surface area contributed by atoms with Gasteiger partial charge < -0.3 is 15.4 Å². The first-order valence-corrected chi connectivity index (χ1v) is 8.22. The number of rotatable bonds is 7. The third kappa shape index (κ3) is 9.08. The third-order valence-electron chi connectivity index (χ3n) is 2.71. The number of nitrogens with zero attached hydrogens (tertiary/aromatic N) is 1. The minimum Gasteiger partial charge on any atom is -0.489 e. The van der Waals surface area contributed by atoms with Gasteiger partial charge in [0.15, 0.2) is 5.96 Å². The lowest BCUT2D eigenvalue weighted by Gasteiger charge is -2.18. The monoisotopic (exact) mass is 423 g/mol. The number of nitrogens with one attached hydrogen (secondary N) is 2. The second-order valence-electron chi connectivity index (χ2n) is 4.62. The number of guanidine groups is 1. The van der Waals surface area contributed by atoms with E-state index in [1.165, 1.54) is 5.56 Å². The molecule has 0 aliphatic carbocycles. The summed E-state index contributed by atoms with van der Waals surface area (Å²) in [6.07, 6.45) is 2.17. The number of aryl methyl sites for hydroxylation is 1. The van der Waals surface area contributed by atoms with E-state index in [0.29, 0.717) is 6.54 Å². The van der Waals surface area contributed by atoms with Crippen LogP contribution in [0.4, 0.5) is 0 Å². The molecule has 0 amide bonds. The summed E-state index contributed by atoms with van der Waals surface area (Å²) in [7, 11) is 1.78. The number of benzene rings is 1. The molecule has 0 aliphatic rings. The van der Waals surface area contributed by atoms with E-state index in [1.807, 2.05) is 36.9 Å². The molecule has 0 heterocycles. The Bertz CT molecular complexity index is 429. The number of halogens is 1. The minimum atomic E-state index is 0. The number of aliphatic imine (C=N–C) groups is 1. The summed E-state index contributed by atoms with van der Waals surface area (Å²) in [5.74, 6) is 2.79. The maximum Gasteiger partial charge on any atom is 0.191 e. The molecule has 2 N–H and O–H groups in total. The third-order valence-corrected chi connectivity index (χ3v) is 3.32. The molecule has 1 aromatic rings. The summed E-state index contributed by atoms with van der Waals surface area (Å²) < 4.78 is 5.87. The van der Waals surface area contributed by atoms with Gasteiger partial charge in [-0.15, -0.1) is 24.0 Å². The van der Waals surface area contributed by atoms with Crippen molar-refractivity contribution in [3.63, 3.8) is 0 Å². The fourth-order valence-electron chi connectivity index (χ4n) is 1.70. The fraction of sp³-hybridized carbons (Fsp3) is 0.533. The summed E-state index contributed by atoms with van der Waals surface area (Å²) in [6.45, 7) is 5.73. The Hall–Kier alpha value is -0.630. The Morgan fingerprint density at radius 3 is 2.76 bits per heavy atom. The van der Waals surface area contributed by atoms with Crippen LogP contribution in [0.5, 0.6) is 5.75 Å². The van der Waals surface area contributed by atoms with E-state index in [1.54, 1.807) is 7.05 Å². The molecule has 0 aromatic heterocycles. The Labute approximate surface area is 149 Å². The smallest absolute Gasteiger partial charge is 0.191 e. The van der Waals surface area contributed by atoms with Crippen molar-refractivity contribution >= 4 is 41.7 Å². The van der Waals surface area contributed by atoms with Gasteiger partial charge in [0.05, 0.1) is 6.54 Å². The molecule has 0 saturated heterocycles. The van der Waals surface area contributed by atoms with E-state index in [0.717, 1.165) is 24.0 Å². The van der Waals surface area contributed by atoms with Crippen LogP contribution in [0.2, 0.25) is 0 Å². The molecule has 0 radical (unpaired) electrons. The van der Waals surface area contributed by atoms with E-state index < -0.39 is 0 Å². The summed E-state index contributed by atoms with van der Waals surface area (Å²) in [5.41, 5.74) is 1.21. The van der Waals surface area contributed by atoms with E-state index in [-0.39, 0.29) is 30.1 Å². The standard InChI is InChI=1S/C15H25N3OS.HI/c1-12-6-5-7-14(10-12)19-13(2)11-18-15(16-3)17-8-9-20-4;/h5-7,10,13H,8-9,11H2,1-4H3,(H2,16,17,18);1H. The molecule has 0 aliphatic heterocycles. The average molecular weight is 423 g/mol. The average Bonchev–Trinajstić information content (AvgIpc) is 2.42. The molecule has 120 valence electrons. The summed E-state index contributed by atoms with van der Waals surface area (Å²) >= 11 is 1.81. The number of thioether (sulfide) groups is 1. The zero-order chi connectivity index (χ0) is 14.8. The van der Waals surface area contributed by atoms with Gasteiger partial charge in [-0.25, -0.2) is 0 Å². The van der Waals surface area contributed by atoms with Crippen molar-refractivity contribution in [1.82, 2.24) is 10.6 Å². The molecule has 4 nitrogen and oxygen atoms in total. The molecule has 0 bridgehead atoms. The number of hydrogen-bond donors (Lipinski definition) is 2. The Kier molecular flexibility index (Phi) is 11.6. The Balaban J connectivity index is 0.00000400. The lowest BCUT2D eigenvalue weighted by molar-refractivity contribution is 0.223. The second-order valence-corrected chi connectivity index (χ2v) is 5.60.